The second-order valence-corrected chi connectivity index (χ2v) is 2.80. The van der Waals surface area contributed by atoms with Crippen LogP contribution in [0.2, 0.25) is 0 Å². The molecular formula is C13H14O. The summed E-state index contributed by atoms with van der Waals surface area (Å²) < 4.78 is 5.14. The highest BCUT2D eigenvalue weighted by Gasteiger charge is 1.89. The summed E-state index contributed by atoms with van der Waals surface area (Å²) >= 11 is 0. The van der Waals surface area contributed by atoms with Crippen molar-refractivity contribution in [2.75, 3.05) is 7.11 Å². The number of ether oxygens (including phenoxy) is 1. The monoisotopic (exact) mass is 186 g/mol. The summed E-state index contributed by atoms with van der Waals surface area (Å²) in [6.45, 7) is 7.35. The Morgan fingerprint density at radius 2 is 1.71 bits per heavy atom. The summed E-state index contributed by atoms with van der Waals surface area (Å²) in [6.07, 6.45) is 7.42. The van der Waals surface area contributed by atoms with E-state index in [0.29, 0.717) is 0 Å². The third kappa shape index (κ3) is 2.36. The standard InChI is InChI=1S/C13H14O/c1-4-6-11-8-9-13(14-3)10-12(11)7-5-2/h4-10H,1-2H2,3H3/b11-6-,12-7-. The van der Waals surface area contributed by atoms with Crippen LogP contribution in [0.25, 0.3) is 12.2 Å². The molecular weight excluding hydrogens is 172 g/mol. The van der Waals surface area contributed by atoms with Crippen LogP contribution in [0.15, 0.2) is 43.5 Å². The molecule has 0 bridgehead atoms. The fourth-order valence-corrected chi connectivity index (χ4v) is 1.23. The maximum Gasteiger partial charge on any atom is 0.119 e. The minimum Gasteiger partial charge on any atom is -0.497 e. The van der Waals surface area contributed by atoms with Gasteiger partial charge in [0.15, 0.2) is 0 Å². The van der Waals surface area contributed by atoms with E-state index < -0.39 is 0 Å². The second kappa shape index (κ2) is 5.07. The topological polar surface area (TPSA) is 9.23 Å². The Bertz CT molecular complexity index is 441. The first-order valence-corrected chi connectivity index (χ1v) is 4.41. The highest BCUT2D eigenvalue weighted by molar-refractivity contribution is 5.44. The van der Waals surface area contributed by atoms with Gasteiger partial charge in [0.05, 0.1) is 7.11 Å². The largest absolute Gasteiger partial charge is 0.497 e. The molecule has 0 atom stereocenters. The van der Waals surface area contributed by atoms with Crippen molar-refractivity contribution in [3.05, 3.63) is 53.9 Å². The lowest BCUT2D eigenvalue weighted by Crippen LogP contribution is -2.23. The van der Waals surface area contributed by atoms with Gasteiger partial charge in [0, 0.05) is 0 Å². The van der Waals surface area contributed by atoms with Gasteiger partial charge < -0.3 is 4.74 Å². The van der Waals surface area contributed by atoms with Crippen molar-refractivity contribution in [3.63, 3.8) is 0 Å². The molecule has 14 heavy (non-hydrogen) atoms. The lowest BCUT2D eigenvalue weighted by molar-refractivity contribution is 0.414. The zero-order valence-electron chi connectivity index (χ0n) is 8.36. The molecule has 0 amide bonds. The number of methoxy groups -OCH3 is 1. The maximum atomic E-state index is 5.14. The molecule has 0 unspecified atom stereocenters. The predicted octanol–water partition coefficient (Wildman–Crippen LogP) is 1.63. The molecule has 0 aromatic heterocycles. The number of hydrogen-bond acceptors (Lipinski definition) is 1. The van der Waals surface area contributed by atoms with E-state index in [0.717, 1.165) is 16.2 Å². The van der Waals surface area contributed by atoms with Gasteiger partial charge in [0.1, 0.15) is 5.75 Å². The van der Waals surface area contributed by atoms with Crippen LogP contribution in [0.4, 0.5) is 0 Å². The van der Waals surface area contributed by atoms with Crippen LogP contribution in [0.1, 0.15) is 0 Å². The average Bonchev–Trinajstić information content (AvgIpc) is 2.21. The molecule has 0 radical (unpaired) electrons. The smallest absolute Gasteiger partial charge is 0.119 e. The Kier molecular flexibility index (Phi) is 3.74. The van der Waals surface area contributed by atoms with E-state index in [-0.39, 0.29) is 0 Å². The van der Waals surface area contributed by atoms with E-state index in [9.17, 15) is 0 Å². The molecule has 72 valence electrons. The minimum absolute atomic E-state index is 0.847. The summed E-state index contributed by atoms with van der Waals surface area (Å²) in [5.41, 5.74) is 0. The van der Waals surface area contributed by atoms with Crippen molar-refractivity contribution in [1.82, 2.24) is 0 Å². The van der Waals surface area contributed by atoms with Crippen LogP contribution in [0, 0.1) is 0 Å². The molecule has 0 spiro atoms. The molecule has 1 nitrogen and oxygen atoms in total. The van der Waals surface area contributed by atoms with E-state index in [1.54, 1.807) is 19.3 Å². The highest BCUT2D eigenvalue weighted by atomic mass is 16.5. The molecule has 0 aliphatic heterocycles. The van der Waals surface area contributed by atoms with E-state index >= 15 is 0 Å². The highest BCUT2D eigenvalue weighted by Crippen LogP contribution is 2.01. The molecule has 0 aliphatic rings. The summed E-state index contributed by atoms with van der Waals surface area (Å²) in [5.74, 6) is 0.847. The first-order valence-electron chi connectivity index (χ1n) is 4.41. The number of benzene rings is 1. The Morgan fingerprint density at radius 1 is 1.07 bits per heavy atom. The van der Waals surface area contributed by atoms with Crippen LogP contribution in [-0.4, -0.2) is 7.11 Å². The zero-order valence-corrected chi connectivity index (χ0v) is 8.36. The van der Waals surface area contributed by atoms with E-state index in [1.165, 1.54) is 0 Å². The van der Waals surface area contributed by atoms with Gasteiger partial charge in [-0.2, -0.15) is 0 Å². The summed E-state index contributed by atoms with van der Waals surface area (Å²) in [5, 5.41) is 2.19. The maximum absolute atomic E-state index is 5.14. The molecule has 0 N–H and O–H groups in total. The lowest BCUT2D eigenvalue weighted by atomic mass is 10.2. The molecule has 1 rings (SSSR count). The van der Waals surface area contributed by atoms with E-state index in [4.69, 9.17) is 4.74 Å². The molecule has 0 saturated carbocycles. The quantitative estimate of drug-likeness (QED) is 0.697. The summed E-state index contributed by atoms with van der Waals surface area (Å²) in [7, 11) is 1.66. The van der Waals surface area contributed by atoms with E-state index in [1.807, 2.05) is 30.4 Å². The first kappa shape index (κ1) is 10.3. The van der Waals surface area contributed by atoms with Crippen molar-refractivity contribution in [2.24, 2.45) is 0 Å². The molecule has 0 saturated heterocycles. The van der Waals surface area contributed by atoms with Gasteiger partial charge >= 0.3 is 0 Å². The van der Waals surface area contributed by atoms with Gasteiger partial charge in [0.25, 0.3) is 0 Å². The zero-order chi connectivity index (χ0) is 10.4. The normalized spacial score (nSPS) is 12.6. The molecule has 0 fully saturated rings. The fraction of sp³-hybridized carbons (Fsp3) is 0.0769. The molecule has 0 aliphatic carbocycles. The molecule has 1 aromatic rings. The van der Waals surface area contributed by atoms with Crippen molar-refractivity contribution in [2.45, 2.75) is 0 Å². The van der Waals surface area contributed by atoms with Crippen molar-refractivity contribution < 1.29 is 4.74 Å². The van der Waals surface area contributed by atoms with Crippen LogP contribution in [0.5, 0.6) is 5.75 Å². The summed E-state index contributed by atoms with van der Waals surface area (Å²) in [6, 6.07) is 5.89. The van der Waals surface area contributed by atoms with Crippen molar-refractivity contribution in [3.8, 4) is 5.75 Å². The van der Waals surface area contributed by atoms with Crippen molar-refractivity contribution in [1.29, 1.82) is 0 Å². The van der Waals surface area contributed by atoms with Crippen LogP contribution >= 0.6 is 0 Å². The van der Waals surface area contributed by atoms with Gasteiger partial charge in [-0.3, -0.25) is 0 Å². The second-order valence-electron chi connectivity index (χ2n) is 2.80. The third-order valence-electron chi connectivity index (χ3n) is 1.89. The average molecular weight is 186 g/mol. The van der Waals surface area contributed by atoms with Gasteiger partial charge in [-0.1, -0.05) is 43.5 Å². The number of hydrogen-bond donors (Lipinski definition) is 0. The van der Waals surface area contributed by atoms with Gasteiger partial charge in [0.2, 0.25) is 0 Å². The van der Waals surface area contributed by atoms with Crippen LogP contribution in [0.3, 0.4) is 0 Å². The molecule has 1 aromatic carbocycles. The van der Waals surface area contributed by atoms with Crippen LogP contribution < -0.4 is 15.2 Å². The van der Waals surface area contributed by atoms with Gasteiger partial charge in [-0.15, -0.1) is 0 Å². The number of allylic oxidation sites excluding steroid dienone is 2. The Balaban J connectivity index is 3.47. The minimum atomic E-state index is 0.847. The SMILES string of the molecule is C=C/C=c1/ccc(OC)c/c1=C/C=C. The Labute approximate surface area is 84.3 Å². The van der Waals surface area contributed by atoms with Crippen molar-refractivity contribution >= 4 is 12.2 Å². The Morgan fingerprint density at radius 3 is 2.29 bits per heavy atom. The van der Waals surface area contributed by atoms with Crippen LogP contribution in [-0.2, 0) is 0 Å². The fourth-order valence-electron chi connectivity index (χ4n) is 1.23. The molecule has 0 heterocycles. The van der Waals surface area contributed by atoms with E-state index in [2.05, 4.69) is 13.2 Å². The van der Waals surface area contributed by atoms with Gasteiger partial charge in [-0.25, -0.2) is 0 Å². The molecule has 1 heteroatoms. The van der Waals surface area contributed by atoms with Gasteiger partial charge in [-0.05, 0) is 22.6 Å². The predicted molar refractivity (Wildman–Crippen MR) is 61.6 cm³/mol. The number of rotatable bonds is 3. The third-order valence-corrected chi connectivity index (χ3v) is 1.89. The summed E-state index contributed by atoms with van der Waals surface area (Å²) in [4.78, 5) is 0. The Hall–Kier alpha value is -1.76. The lowest BCUT2D eigenvalue weighted by Gasteiger charge is -1.98. The first-order chi connectivity index (χ1) is 6.81.